The summed E-state index contributed by atoms with van der Waals surface area (Å²) in [6, 6.07) is 2.26. The van der Waals surface area contributed by atoms with Crippen molar-refractivity contribution < 1.29 is 36.3 Å². The molecule has 0 bridgehead atoms. The van der Waals surface area contributed by atoms with E-state index in [1.54, 1.807) is 6.92 Å². The molecule has 1 aromatic heterocycles. The van der Waals surface area contributed by atoms with Crippen molar-refractivity contribution in [2.75, 3.05) is 5.32 Å². The second-order valence-electron chi connectivity index (χ2n) is 7.64. The number of hydrogen-bond acceptors (Lipinski definition) is 4. The summed E-state index contributed by atoms with van der Waals surface area (Å²) in [5.74, 6) is -2.45. The molecule has 6 nitrogen and oxygen atoms in total. The van der Waals surface area contributed by atoms with Gasteiger partial charge in [-0.05, 0) is 44.4 Å². The van der Waals surface area contributed by atoms with Crippen molar-refractivity contribution in [1.82, 2.24) is 10.3 Å². The fourth-order valence-electron chi connectivity index (χ4n) is 3.49. The Labute approximate surface area is 180 Å². The zero-order valence-electron chi connectivity index (χ0n) is 17.1. The van der Waals surface area contributed by atoms with Gasteiger partial charge in [-0.1, -0.05) is 0 Å². The topological polar surface area (TPSA) is 80.3 Å². The van der Waals surface area contributed by atoms with Gasteiger partial charge in [0.05, 0.1) is 12.3 Å². The molecule has 0 saturated carbocycles. The van der Waals surface area contributed by atoms with Crippen molar-refractivity contribution in [3.05, 3.63) is 58.4 Å². The number of benzene rings is 1. The molecule has 1 aliphatic heterocycles. The van der Waals surface area contributed by atoms with E-state index in [-0.39, 0.29) is 53.9 Å². The lowest BCUT2D eigenvalue weighted by Crippen LogP contribution is -2.39. The van der Waals surface area contributed by atoms with Gasteiger partial charge in [0.15, 0.2) is 5.60 Å². The number of aromatic nitrogens is 1. The monoisotopic (exact) mass is 457 g/mol. The van der Waals surface area contributed by atoms with Crippen molar-refractivity contribution in [1.29, 1.82) is 0 Å². The minimum atomic E-state index is -4.67. The van der Waals surface area contributed by atoms with Gasteiger partial charge in [0.1, 0.15) is 17.3 Å². The Morgan fingerprint density at radius 1 is 1.31 bits per heavy atom. The number of amides is 2. The molecule has 2 atom stereocenters. The summed E-state index contributed by atoms with van der Waals surface area (Å²) < 4.78 is 72.7. The first kappa shape index (κ1) is 23.6. The molecule has 0 spiro atoms. The first-order chi connectivity index (χ1) is 15.0. The summed E-state index contributed by atoms with van der Waals surface area (Å²) in [7, 11) is 0. The summed E-state index contributed by atoms with van der Waals surface area (Å²) in [6.45, 7) is 2.25. The number of nitrogens with zero attached hydrogens (tertiary/aromatic N) is 1. The van der Waals surface area contributed by atoms with Crippen LogP contribution in [0.15, 0.2) is 24.4 Å². The van der Waals surface area contributed by atoms with E-state index in [9.17, 15) is 31.5 Å². The van der Waals surface area contributed by atoms with Gasteiger partial charge in [-0.15, -0.1) is 0 Å². The van der Waals surface area contributed by atoms with Crippen molar-refractivity contribution >= 4 is 18.0 Å². The van der Waals surface area contributed by atoms with Crippen LogP contribution in [-0.4, -0.2) is 29.5 Å². The summed E-state index contributed by atoms with van der Waals surface area (Å²) in [5, 5.41) is 4.79. The van der Waals surface area contributed by atoms with Gasteiger partial charge in [-0.25, -0.2) is 8.78 Å². The van der Waals surface area contributed by atoms with E-state index < -0.39 is 35.4 Å². The number of alkyl halides is 3. The zero-order valence-corrected chi connectivity index (χ0v) is 17.1. The second kappa shape index (κ2) is 8.81. The standard InChI is InChI=1S/C21H20F5N3O3/c1-11(3-4-12-5-14(22)6-16(23)18(12)28-10-30)29-19(31)17-7-15-13(8-27-17)9-32-20(15,2)21(24,25)26/h5-8,10-11H,3-4,9H2,1-2H3,(H,28,30)(H,29,31)/t11-,20?/m1/s1. The number of carbonyl (C=O) groups excluding carboxylic acids is 2. The third-order valence-electron chi connectivity index (χ3n) is 5.35. The Hall–Kier alpha value is -3.08. The van der Waals surface area contributed by atoms with Crippen molar-refractivity contribution in [2.45, 2.75) is 51.1 Å². The van der Waals surface area contributed by atoms with Gasteiger partial charge in [0, 0.05) is 29.4 Å². The normalized spacial score (nSPS) is 18.7. The fraction of sp³-hybridized carbons (Fsp3) is 0.381. The first-order valence-corrected chi connectivity index (χ1v) is 9.65. The van der Waals surface area contributed by atoms with Crippen LogP contribution in [0.1, 0.15) is 47.4 Å². The maximum atomic E-state index is 13.9. The molecule has 1 aromatic carbocycles. The average molecular weight is 457 g/mol. The van der Waals surface area contributed by atoms with E-state index in [4.69, 9.17) is 4.74 Å². The summed E-state index contributed by atoms with van der Waals surface area (Å²) in [6.07, 6.45) is -2.88. The molecule has 2 heterocycles. The van der Waals surface area contributed by atoms with E-state index in [0.717, 1.165) is 19.1 Å². The SMILES string of the molecule is C[C@H](CCc1cc(F)cc(F)c1NC=O)NC(=O)c1cc2c(cn1)COC2(C)C(F)(F)F. The highest BCUT2D eigenvalue weighted by molar-refractivity contribution is 5.92. The molecular formula is C21H20F5N3O3. The Kier molecular flexibility index (Phi) is 6.49. The first-order valence-electron chi connectivity index (χ1n) is 9.65. The Morgan fingerprint density at radius 2 is 2.03 bits per heavy atom. The molecule has 11 heteroatoms. The Bertz CT molecular complexity index is 1040. The summed E-state index contributed by atoms with van der Waals surface area (Å²) >= 11 is 0. The van der Waals surface area contributed by atoms with Crippen LogP contribution in [0.2, 0.25) is 0 Å². The van der Waals surface area contributed by atoms with Crippen LogP contribution >= 0.6 is 0 Å². The minimum Gasteiger partial charge on any atom is -0.356 e. The van der Waals surface area contributed by atoms with E-state index in [0.29, 0.717) is 6.07 Å². The Balaban J connectivity index is 1.70. The van der Waals surface area contributed by atoms with Gasteiger partial charge in [-0.3, -0.25) is 14.6 Å². The summed E-state index contributed by atoms with van der Waals surface area (Å²) in [5.41, 5.74) is -2.63. The lowest BCUT2D eigenvalue weighted by atomic mass is 9.94. The second-order valence-corrected chi connectivity index (χ2v) is 7.64. The van der Waals surface area contributed by atoms with Gasteiger partial charge >= 0.3 is 6.18 Å². The van der Waals surface area contributed by atoms with E-state index in [2.05, 4.69) is 15.6 Å². The molecule has 32 heavy (non-hydrogen) atoms. The van der Waals surface area contributed by atoms with Crippen LogP contribution in [0.5, 0.6) is 0 Å². The van der Waals surface area contributed by atoms with Crippen LogP contribution in [0.4, 0.5) is 27.6 Å². The van der Waals surface area contributed by atoms with Gasteiger partial charge in [-0.2, -0.15) is 13.2 Å². The third-order valence-corrected chi connectivity index (χ3v) is 5.35. The molecule has 0 aliphatic carbocycles. The quantitative estimate of drug-likeness (QED) is 0.487. The number of pyridine rings is 1. The number of nitrogens with one attached hydrogen (secondary N) is 2. The van der Waals surface area contributed by atoms with Crippen molar-refractivity contribution in [3.63, 3.8) is 0 Å². The molecule has 1 unspecified atom stereocenters. The number of fused-ring (bicyclic) bond motifs is 1. The predicted octanol–water partition coefficient (Wildman–Crippen LogP) is 3.99. The van der Waals surface area contributed by atoms with Crippen molar-refractivity contribution in [3.8, 4) is 0 Å². The number of carbonyl (C=O) groups is 2. The molecular weight excluding hydrogens is 437 g/mol. The molecule has 172 valence electrons. The number of anilines is 1. The Morgan fingerprint density at radius 3 is 2.69 bits per heavy atom. The molecule has 2 N–H and O–H groups in total. The lowest BCUT2D eigenvalue weighted by Gasteiger charge is -2.27. The van der Waals surface area contributed by atoms with Crippen molar-refractivity contribution in [2.24, 2.45) is 0 Å². The smallest absolute Gasteiger partial charge is 0.356 e. The molecule has 1 aliphatic rings. The number of ether oxygens (including phenoxy) is 1. The largest absolute Gasteiger partial charge is 0.421 e. The molecule has 2 aromatic rings. The molecule has 0 radical (unpaired) electrons. The molecule has 3 rings (SSSR count). The highest BCUT2D eigenvalue weighted by Gasteiger charge is 2.57. The lowest BCUT2D eigenvalue weighted by molar-refractivity contribution is -0.272. The minimum absolute atomic E-state index is 0.115. The van der Waals surface area contributed by atoms with Gasteiger partial charge in [0.2, 0.25) is 6.41 Å². The number of aryl methyl sites for hydroxylation is 1. The van der Waals surface area contributed by atoms with Crippen LogP contribution in [-0.2, 0) is 28.2 Å². The highest BCUT2D eigenvalue weighted by Crippen LogP contribution is 2.47. The third kappa shape index (κ3) is 4.57. The molecule has 0 fully saturated rings. The molecule has 0 saturated heterocycles. The van der Waals surface area contributed by atoms with Gasteiger partial charge in [0.25, 0.3) is 5.91 Å². The number of hydrogen-bond donors (Lipinski definition) is 2. The van der Waals surface area contributed by atoms with Crippen LogP contribution in [0.25, 0.3) is 0 Å². The van der Waals surface area contributed by atoms with E-state index >= 15 is 0 Å². The summed E-state index contributed by atoms with van der Waals surface area (Å²) in [4.78, 5) is 27.1. The maximum Gasteiger partial charge on any atom is 0.421 e. The highest BCUT2D eigenvalue weighted by atomic mass is 19.4. The number of halogens is 5. The number of rotatable bonds is 7. The fourth-order valence-corrected chi connectivity index (χ4v) is 3.49. The van der Waals surface area contributed by atoms with E-state index in [1.165, 1.54) is 6.20 Å². The van der Waals surface area contributed by atoms with Gasteiger partial charge < -0.3 is 15.4 Å². The maximum absolute atomic E-state index is 13.9. The zero-order chi connectivity index (χ0) is 23.7. The predicted molar refractivity (Wildman–Crippen MR) is 104 cm³/mol. The van der Waals surface area contributed by atoms with Crippen LogP contribution in [0.3, 0.4) is 0 Å². The van der Waals surface area contributed by atoms with E-state index in [1.807, 2.05) is 0 Å². The molecule has 2 amide bonds. The average Bonchev–Trinajstić information content (AvgIpc) is 3.06. The van der Waals surface area contributed by atoms with Crippen LogP contribution < -0.4 is 10.6 Å². The van der Waals surface area contributed by atoms with Crippen LogP contribution in [0, 0.1) is 11.6 Å².